The molecule has 0 heterocycles. The second kappa shape index (κ2) is 7.58. The number of hydrogen-bond acceptors (Lipinski definition) is 2. The van der Waals surface area contributed by atoms with Crippen LogP contribution in [0.25, 0.3) is 0 Å². The molecule has 0 saturated carbocycles. The van der Waals surface area contributed by atoms with Crippen molar-refractivity contribution >= 4 is 17.8 Å². The third-order valence-corrected chi connectivity index (χ3v) is 7.49. The molecule has 22 heavy (non-hydrogen) atoms. The van der Waals surface area contributed by atoms with Crippen molar-refractivity contribution in [2.75, 3.05) is 0 Å². The molecule has 2 aromatic carbocycles. The third kappa shape index (κ3) is 3.40. The Labute approximate surface area is 132 Å². The second-order valence-corrected chi connectivity index (χ2v) is 8.44. The summed E-state index contributed by atoms with van der Waals surface area (Å²) in [5.74, 6) is 0. The Kier molecular flexibility index (Phi) is 5.76. The number of benzene rings is 2. The van der Waals surface area contributed by atoms with E-state index in [9.17, 15) is 9.67 Å². The molecular weight excluding hydrogens is 291 g/mol. The van der Waals surface area contributed by atoms with Crippen molar-refractivity contribution in [2.45, 2.75) is 31.5 Å². The van der Waals surface area contributed by atoms with Gasteiger partial charge in [-0.05, 0) is 12.8 Å². The van der Waals surface area contributed by atoms with Crippen LogP contribution >= 0.6 is 7.14 Å². The molecule has 0 fully saturated rings. The molecule has 2 nitrogen and oxygen atoms in total. The number of rotatable bonds is 7. The maximum Gasteiger partial charge on any atom is 0.149 e. The molecule has 0 aliphatic rings. The van der Waals surface area contributed by atoms with E-state index >= 15 is 0 Å². The molecule has 0 spiro atoms. The fraction of sp³-hybridized carbons (Fsp3) is 0.263. The SMILES string of the molecule is C=CC(C[C@@H](O)CC)P(=O)(c1ccccc1)c1ccccc1. The van der Waals surface area contributed by atoms with Crippen molar-refractivity contribution in [1.29, 1.82) is 0 Å². The lowest BCUT2D eigenvalue weighted by Crippen LogP contribution is -2.27. The number of aliphatic hydroxyl groups excluding tert-OH is 1. The van der Waals surface area contributed by atoms with Gasteiger partial charge < -0.3 is 9.67 Å². The van der Waals surface area contributed by atoms with E-state index in [0.29, 0.717) is 12.8 Å². The minimum Gasteiger partial charge on any atom is -0.393 e. The molecule has 2 aromatic rings. The van der Waals surface area contributed by atoms with Crippen LogP contribution in [-0.2, 0) is 4.57 Å². The summed E-state index contributed by atoms with van der Waals surface area (Å²) < 4.78 is 14.0. The van der Waals surface area contributed by atoms with E-state index in [1.54, 1.807) is 6.08 Å². The van der Waals surface area contributed by atoms with E-state index in [1.807, 2.05) is 67.6 Å². The zero-order valence-electron chi connectivity index (χ0n) is 12.9. The van der Waals surface area contributed by atoms with Crippen molar-refractivity contribution in [3.63, 3.8) is 0 Å². The molecule has 0 radical (unpaired) electrons. The molecule has 2 atom stereocenters. The summed E-state index contributed by atoms with van der Waals surface area (Å²) in [7, 11) is -2.88. The Hall–Kier alpha value is -1.63. The van der Waals surface area contributed by atoms with Crippen LogP contribution < -0.4 is 10.6 Å². The first-order valence-electron chi connectivity index (χ1n) is 7.64. The molecule has 0 aliphatic heterocycles. The Morgan fingerprint density at radius 2 is 1.50 bits per heavy atom. The van der Waals surface area contributed by atoms with Gasteiger partial charge in [-0.2, -0.15) is 0 Å². The van der Waals surface area contributed by atoms with Crippen LogP contribution in [0.2, 0.25) is 0 Å². The number of allylic oxidation sites excluding steroid dienone is 1. The molecule has 0 amide bonds. The minimum atomic E-state index is -2.88. The topological polar surface area (TPSA) is 37.3 Å². The Bertz CT molecular complexity index is 593. The summed E-state index contributed by atoms with van der Waals surface area (Å²) in [4.78, 5) is 0. The Morgan fingerprint density at radius 3 is 1.86 bits per heavy atom. The molecule has 116 valence electrons. The predicted molar refractivity (Wildman–Crippen MR) is 94.7 cm³/mol. The van der Waals surface area contributed by atoms with E-state index in [2.05, 4.69) is 6.58 Å². The van der Waals surface area contributed by atoms with Gasteiger partial charge in [-0.1, -0.05) is 73.7 Å². The molecule has 0 bridgehead atoms. The quantitative estimate of drug-likeness (QED) is 0.625. The lowest BCUT2D eigenvalue weighted by Gasteiger charge is -2.28. The van der Waals surface area contributed by atoms with Gasteiger partial charge >= 0.3 is 0 Å². The molecule has 1 unspecified atom stereocenters. The second-order valence-electron chi connectivity index (χ2n) is 5.43. The summed E-state index contributed by atoms with van der Waals surface area (Å²) in [5.41, 5.74) is -0.271. The standard InChI is InChI=1S/C19H23O2P/c1-3-16(20)15-17(4-2)22(21,18-11-7-5-8-12-18)19-13-9-6-10-14-19/h4-14,16-17,20H,2-3,15H2,1H3/t16-,17?/m0/s1. The summed E-state index contributed by atoms with van der Waals surface area (Å²) in [6.07, 6.45) is 2.37. The van der Waals surface area contributed by atoms with Crippen LogP contribution in [-0.4, -0.2) is 16.9 Å². The zero-order chi connectivity index (χ0) is 16.0. The van der Waals surface area contributed by atoms with Gasteiger partial charge in [-0.15, -0.1) is 6.58 Å². The largest absolute Gasteiger partial charge is 0.393 e. The average Bonchev–Trinajstić information content (AvgIpc) is 2.60. The highest BCUT2D eigenvalue weighted by Gasteiger charge is 2.35. The first-order valence-corrected chi connectivity index (χ1v) is 9.42. The maximum atomic E-state index is 14.0. The first-order chi connectivity index (χ1) is 10.6. The minimum absolute atomic E-state index is 0.271. The highest BCUT2D eigenvalue weighted by molar-refractivity contribution is 7.79. The molecule has 0 saturated heterocycles. The van der Waals surface area contributed by atoms with Gasteiger partial charge in [-0.25, -0.2) is 0 Å². The van der Waals surface area contributed by atoms with Crippen molar-refractivity contribution in [3.8, 4) is 0 Å². The van der Waals surface area contributed by atoms with E-state index < -0.39 is 13.2 Å². The predicted octanol–water partition coefficient (Wildman–Crippen LogP) is 3.72. The van der Waals surface area contributed by atoms with Gasteiger partial charge in [0.2, 0.25) is 0 Å². The molecule has 1 N–H and O–H groups in total. The third-order valence-electron chi connectivity index (χ3n) is 4.00. The summed E-state index contributed by atoms with van der Waals surface area (Å²) in [6, 6.07) is 19.1. The van der Waals surface area contributed by atoms with E-state index in [0.717, 1.165) is 10.6 Å². The van der Waals surface area contributed by atoms with Gasteiger partial charge in [0, 0.05) is 16.3 Å². The maximum absolute atomic E-state index is 14.0. The van der Waals surface area contributed by atoms with E-state index in [-0.39, 0.29) is 5.66 Å². The fourth-order valence-electron chi connectivity index (χ4n) is 2.67. The number of hydrogen-bond donors (Lipinski definition) is 1. The van der Waals surface area contributed by atoms with E-state index in [4.69, 9.17) is 0 Å². The summed E-state index contributed by atoms with van der Waals surface area (Å²) in [6.45, 7) is 5.81. The molecule has 3 heteroatoms. The normalized spacial score (nSPS) is 14.3. The monoisotopic (exact) mass is 314 g/mol. The van der Waals surface area contributed by atoms with Gasteiger partial charge in [0.25, 0.3) is 0 Å². The van der Waals surface area contributed by atoms with Gasteiger partial charge in [0.1, 0.15) is 7.14 Å². The van der Waals surface area contributed by atoms with Gasteiger partial charge in [0.15, 0.2) is 0 Å². The van der Waals surface area contributed by atoms with Gasteiger partial charge in [0.05, 0.1) is 6.10 Å². The van der Waals surface area contributed by atoms with Crippen molar-refractivity contribution in [1.82, 2.24) is 0 Å². The lowest BCUT2D eigenvalue weighted by atomic mass is 10.1. The highest BCUT2D eigenvalue weighted by Crippen LogP contribution is 2.50. The molecule has 0 aliphatic carbocycles. The highest BCUT2D eigenvalue weighted by atomic mass is 31.2. The van der Waals surface area contributed by atoms with Crippen LogP contribution in [0.15, 0.2) is 73.3 Å². The molecule has 2 rings (SSSR count). The van der Waals surface area contributed by atoms with Crippen LogP contribution in [0.3, 0.4) is 0 Å². The number of aliphatic hydroxyl groups is 1. The van der Waals surface area contributed by atoms with Crippen LogP contribution in [0.4, 0.5) is 0 Å². The van der Waals surface area contributed by atoms with E-state index in [1.165, 1.54) is 0 Å². The van der Waals surface area contributed by atoms with Crippen LogP contribution in [0.1, 0.15) is 19.8 Å². The van der Waals surface area contributed by atoms with Crippen molar-refractivity contribution in [3.05, 3.63) is 73.3 Å². The lowest BCUT2D eigenvalue weighted by molar-refractivity contribution is 0.162. The Morgan fingerprint density at radius 1 is 1.05 bits per heavy atom. The zero-order valence-corrected chi connectivity index (χ0v) is 13.8. The van der Waals surface area contributed by atoms with Crippen LogP contribution in [0, 0.1) is 0 Å². The smallest absolute Gasteiger partial charge is 0.149 e. The van der Waals surface area contributed by atoms with Crippen LogP contribution in [0.5, 0.6) is 0 Å². The average molecular weight is 314 g/mol. The van der Waals surface area contributed by atoms with Gasteiger partial charge in [-0.3, -0.25) is 0 Å². The molecular formula is C19H23O2P. The van der Waals surface area contributed by atoms with Crippen molar-refractivity contribution in [2.24, 2.45) is 0 Å². The summed E-state index contributed by atoms with van der Waals surface area (Å²) >= 11 is 0. The first kappa shape index (κ1) is 16.7. The summed E-state index contributed by atoms with van der Waals surface area (Å²) in [5, 5.41) is 11.7. The fourth-order valence-corrected chi connectivity index (χ4v) is 5.80. The van der Waals surface area contributed by atoms with Crippen molar-refractivity contribution < 1.29 is 9.67 Å². The Balaban J connectivity index is 2.55. The molecule has 0 aromatic heterocycles.